The topological polar surface area (TPSA) is 30.4 Å². The van der Waals surface area contributed by atoms with Gasteiger partial charge in [-0.15, -0.1) is 11.3 Å². The van der Waals surface area contributed by atoms with Crippen LogP contribution in [-0.4, -0.2) is 4.57 Å². The maximum atomic E-state index is 5.63. The minimum Gasteiger partial charge on any atom is -0.463 e. The van der Waals surface area contributed by atoms with Gasteiger partial charge in [-0.3, -0.25) is 0 Å². The number of para-hydroxylation sites is 1. The van der Waals surface area contributed by atoms with Crippen molar-refractivity contribution in [2.75, 3.05) is 0 Å². The summed E-state index contributed by atoms with van der Waals surface area (Å²) in [6.07, 6.45) is 1.71. The summed E-state index contributed by atoms with van der Waals surface area (Å²) in [5.41, 5.74) is 4.45. The van der Waals surface area contributed by atoms with Crippen molar-refractivity contribution in [3.8, 4) is 11.5 Å². The van der Waals surface area contributed by atoms with E-state index in [0.717, 1.165) is 28.5 Å². The molecule has 0 aliphatic heterocycles. The highest BCUT2D eigenvalue weighted by molar-refractivity contribution is 7.07. The molecule has 0 N–H and O–H groups in total. The van der Waals surface area contributed by atoms with E-state index in [1.54, 1.807) is 17.6 Å². The van der Waals surface area contributed by atoms with Gasteiger partial charge in [0.2, 0.25) is 0 Å². The molecule has 0 atom stereocenters. The molecule has 4 aromatic rings. The molecule has 0 amide bonds. The molecule has 0 fully saturated rings. The Morgan fingerprint density at radius 3 is 2.52 bits per heavy atom. The molecule has 2 aromatic heterocycles. The summed E-state index contributed by atoms with van der Waals surface area (Å²) < 4.78 is 7.84. The molecule has 0 radical (unpaired) electrons. The van der Waals surface area contributed by atoms with Gasteiger partial charge in [0.1, 0.15) is 0 Å². The van der Waals surface area contributed by atoms with Crippen molar-refractivity contribution >= 4 is 17.0 Å². The minimum absolute atomic E-state index is 0.755. The first kappa shape index (κ1) is 15.7. The summed E-state index contributed by atoms with van der Waals surface area (Å²) in [6, 6.07) is 22.5. The fraction of sp³-hybridized carbons (Fsp3) is 0.0952. The van der Waals surface area contributed by atoms with Crippen LogP contribution < -0.4 is 4.80 Å². The van der Waals surface area contributed by atoms with Crippen LogP contribution in [0, 0.1) is 6.92 Å². The zero-order valence-electron chi connectivity index (χ0n) is 13.9. The number of nitrogens with zero attached hydrogens (tertiary/aromatic N) is 2. The average Bonchev–Trinajstić information content (AvgIpc) is 3.28. The van der Waals surface area contributed by atoms with Gasteiger partial charge in [-0.2, -0.15) is 0 Å². The van der Waals surface area contributed by atoms with Crippen molar-refractivity contribution in [3.05, 3.63) is 94.3 Å². The second kappa shape index (κ2) is 6.95. The van der Waals surface area contributed by atoms with Crippen LogP contribution in [0.4, 0.5) is 5.69 Å². The number of hydrogen-bond donors (Lipinski definition) is 0. The molecule has 0 aliphatic rings. The predicted octanol–water partition coefficient (Wildman–Crippen LogP) is 5.40. The van der Waals surface area contributed by atoms with Gasteiger partial charge in [-0.25, -0.2) is 4.99 Å². The number of aryl methyl sites for hydroxylation is 1. The van der Waals surface area contributed by atoms with E-state index in [4.69, 9.17) is 9.41 Å². The molecule has 0 saturated heterocycles. The van der Waals surface area contributed by atoms with Gasteiger partial charge in [-0.1, -0.05) is 48.5 Å². The normalized spacial score (nSPS) is 11.8. The van der Waals surface area contributed by atoms with Crippen LogP contribution in [0.15, 0.2) is 87.8 Å². The van der Waals surface area contributed by atoms with E-state index in [1.165, 1.54) is 11.1 Å². The summed E-state index contributed by atoms with van der Waals surface area (Å²) in [4.78, 5) is 5.87. The Labute approximate surface area is 150 Å². The molecule has 0 aliphatic carbocycles. The lowest BCUT2D eigenvalue weighted by molar-refractivity contribution is 0.573. The molecule has 0 unspecified atom stereocenters. The van der Waals surface area contributed by atoms with Crippen LogP contribution in [0.2, 0.25) is 0 Å². The van der Waals surface area contributed by atoms with E-state index in [-0.39, 0.29) is 0 Å². The quantitative estimate of drug-likeness (QED) is 0.487. The van der Waals surface area contributed by atoms with E-state index < -0.39 is 0 Å². The molecule has 2 heterocycles. The molecule has 0 saturated carbocycles. The fourth-order valence-corrected chi connectivity index (χ4v) is 3.65. The maximum absolute atomic E-state index is 5.63. The second-order valence-corrected chi connectivity index (χ2v) is 6.69. The number of furan rings is 1. The van der Waals surface area contributed by atoms with Crippen LogP contribution >= 0.6 is 11.3 Å². The minimum atomic E-state index is 0.755. The lowest BCUT2D eigenvalue weighted by atomic mass is 10.2. The van der Waals surface area contributed by atoms with Gasteiger partial charge < -0.3 is 8.98 Å². The largest absolute Gasteiger partial charge is 0.463 e. The number of benzene rings is 2. The van der Waals surface area contributed by atoms with E-state index >= 15 is 0 Å². The number of hydrogen-bond acceptors (Lipinski definition) is 3. The summed E-state index contributed by atoms with van der Waals surface area (Å²) in [5.74, 6) is 0.860. The Hall–Kier alpha value is -2.85. The third kappa shape index (κ3) is 3.35. The van der Waals surface area contributed by atoms with E-state index in [9.17, 15) is 0 Å². The van der Waals surface area contributed by atoms with Crippen molar-refractivity contribution in [1.82, 2.24) is 4.57 Å². The van der Waals surface area contributed by atoms with E-state index in [2.05, 4.69) is 53.3 Å². The molecule has 25 heavy (non-hydrogen) atoms. The van der Waals surface area contributed by atoms with Crippen LogP contribution in [0.3, 0.4) is 0 Å². The molecule has 3 nitrogen and oxygen atoms in total. The Bertz CT molecular complexity index is 1030. The Kier molecular flexibility index (Phi) is 4.36. The van der Waals surface area contributed by atoms with Gasteiger partial charge in [-0.05, 0) is 36.2 Å². The van der Waals surface area contributed by atoms with E-state index in [0.29, 0.717) is 0 Å². The first-order valence-electron chi connectivity index (χ1n) is 8.18. The first-order valence-corrected chi connectivity index (χ1v) is 9.06. The standard InChI is InChI=1S/C21H18N2OS/c1-16-8-5-6-11-18(16)22-21-23(14-17-9-3-2-4-10-17)19(15-25-21)20-12-7-13-24-20/h2-13,15H,14H2,1H3. The van der Waals surface area contributed by atoms with Crippen LogP contribution in [0.25, 0.3) is 11.5 Å². The van der Waals surface area contributed by atoms with Gasteiger partial charge in [0.05, 0.1) is 24.2 Å². The maximum Gasteiger partial charge on any atom is 0.190 e. The molecule has 0 bridgehead atoms. The smallest absolute Gasteiger partial charge is 0.190 e. The van der Waals surface area contributed by atoms with Crippen molar-refractivity contribution < 1.29 is 4.42 Å². The summed E-state index contributed by atoms with van der Waals surface area (Å²) in [6.45, 7) is 2.84. The highest BCUT2D eigenvalue weighted by Gasteiger charge is 2.11. The van der Waals surface area contributed by atoms with Gasteiger partial charge in [0.15, 0.2) is 10.6 Å². The number of rotatable bonds is 4. The van der Waals surface area contributed by atoms with Gasteiger partial charge in [0, 0.05) is 5.38 Å². The lowest BCUT2D eigenvalue weighted by Crippen LogP contribution is -2.16. The average molecular weight is 346 g/mol. The zero-order chi connectivity index (χ0) is 17.1. The highest BCUT2D eigenvalue weighted by Crippen LogP contribution is 2.23. The second-order valence-electron chi connectivity index (χ2n) is 5.85. The Balaban J connectivity index is 1.86. The van der Waals surface area contributed by atoms with Crippen molar-refractivity contribution in [2.24, 2.45) is 4.99 Å². The van der Waals surface area contributed by atoms with Crippen LogP contribution in [0.1, 0.15) is 11.1 Å². The SMILES string of the molecule is Cc1ccccc1N=c1scc(-c2ccco2)n1Cc1ccccc1. The number of aromatic nitrogens is 1. The van der Waals surface area contributed by atoms with Crippen molar-refractivity contribution in [1.29, 1.82) is 0 Å². The Morgan fingerprint density at radius 1 is 0.960 bits per heavy atom. The molecule has 4 rings (SSSR count). The van der Waals surface area contributed by atoms with Gasteiger partial charge >= 0.3 is 0 Å². The fourth-order valence-electron chi connectivity index (χ4n) is 2.75. The predicted molar refractivity (Wildman–Crippen MR) is 102 cm³/mol. The molecule has 4 heteroatoms. The van der Waals surface area contributed by atoms with E-state index in [1.807, 2.05) is 30.3 Å². The Morgan fingerprint density at radius 2 is 1.76 bits per heavy atom. The first-order chi connectivity index (χ1) is 12.3. The van der Waals surface area contributed by atoms with Gasteiger partial charge in [0.25, 0.3) is 0 Å². The summed E-state index contributed by atoms with van der Waals surface area (Å²) in [7, 11) is 0. The monoisotopic (exact) mass is 346 g/mol. The van der Waals surface area contributed by atoms with Crippen LogP contribution in [0.5, 0.6) is 0 Å². The lowest BCUT2D eigenvalue weighted by Gasteiger charge is -2.08. The van der Waals surface area contributed by atoms with Crippen molar-refractivity contribution in [2.45, 2.75) is 13.5 Å². The molecular formula is C21H18N2OS. The number of thiazole rings is 1. The van der Waals surface area contributed by atoms with Crippen LogP contribution in [-0.2, 0) is 6.54 Å². The molecule has 0 spiro atoms. The molecule has 124 valence electrons. The zero-order valence-corrected chi connectivity index (χ0v) is 14.7. The molecular weight excluding hydrogens is 328 g/mol. The summed E-state index contributed by atoms with van der Waals surface area (Å²) in [5, 5.41) is 2.11. The molecule has 2 aromatic carbocycles. The van der Waals surface area contributed by atoms with Crippen molar-refractivity contribution in [3.63, 3.8) is 0 Å². The third-order valence-electron chi connectivity index (χ3n) is 4.09. The third-order valence-corrected chi connectivity index (χ3v) is 4.95. The highest BCUT2D eigenvalue weighted by atomic mass is 32.1. The summed E-state index contributed by atoms with van der Waals surface area (Å²) >= 11 is 1.63.